The molecule has 0 spiro atoms. The van der Waals surface area contributed by atoms with Crippen LogP contribution in [0.5, 0.6) is 0 Å². The standard InChI is InChI=1S/C16H21NO/c1-11(13-7-8-13)9-17-10-15-12(2)18-16-6-4-3-5-14(15)16/h3-6,11,13,17H,7-10H2,1-2H3. The molecule has 3 rings (SSSR count). The van der Waals surface area contributed by atoms with Gasteiger partial charge >= 0.3 is 0 Å². The zero-order valence-electron chi connectivity index (χ0n) is 11.2. The number of hydrogen-bond donors (Lipinski definition) is 1. The summed E-state index contributed by atoms with van der Waals surface area (Å²) in [5.74, 6) is 2.82. The van der Waals surface area contributed by atoms with E-state index < -0.39 is 0 Å². The summed E-state index contributed by atoms with van der Waals surface area (Å²) in [5, 5.41) is 4.83. The number of para-hydroxylation sites is 1. The van der Waals surface area contributed by atoms with E-state index in [4.69, 9.17) is 4.42 Å². The Kier molecular flexibility index (Phi) is 3.13. The molecular weight excluding hydrogens is 222 g/mol. The van der Waals surface area contributed by atoms with Gasteiger partial charge in [0.1, 0.15) is 11.3 Å². The monoisotopic (exact) mass is 243 g/mol. The van der Waals surface area contributed by atoms with E-state index in [1.165, 1.54) is 23.8 Å². The van der Waals surface area contributed by atoms with Crippen LogP contribution in [0.4, 0.5) is 0 Å². The third kappa shape index (κ3) is 2.30. The fraction of sp³-hybridized carbons (Fsp3) is 0.500. The van der Waals surface area contributed by atoms with Crippen LogP contribution in [0.1, 0.15) is 31.1 Å². The Bertz CT molecular complexity index is 539. The molecule has 18 heavy (non-hydrogen) atoms. The molecule has 96 valence electrons. The number of nitrogens with one attached hydrogen (secondary N) is 1. The first-order valence-corrected chi connectivity index (χ1v) is 6.93. The Morgan fingerprint density at radius 3 is 2.89 bits per heavy atom. The van der Waals surface area contributed by atoms with Crippen molar-refractivity contribution in [1.29, 1.82) is 0 Å². The fourth-order valence-corrected chi connectivity index (χ4v) is 2.70. The van der Waals surface area contributed by atoms with E-state index in [1.54, 1.807) is 0 Å². The van der Waals surface area contributed by atoms with E-state index in [1.807, 2.05) is 12.1 Å². The van der Waals surface area contributed by atoms with Gasteiger partial charge in [-0.1, -0.05) is 25.1 Å². The Balaban J connectivity index is 1.68. The molecule has 1 aromatic carbocycles. The average Bonchev–Trinajstić information content (AvgIpc) is 3.15. The molecule has 1 N–H and O–H groups in total. The molecular formula is C16H21NO. The van der Waals surface area contributed by atoms with Crippen molar-refractivity contribution >= 4 is 11.0 Å². The maximum Gasteiger partial charge on any atom is 0.134 e. The van der Waals surface area contributed by atoms with E-state index >= 15 is 0 Å². The first-order valence-electron chi connectivity index (χ1n) is 6.93. The highest BCUT2D eigenvalue weighted by molar-refractivity contribution is 5.82. The van der Waals surface area contributed by atoms with Gasteiger partial charge < -0.3 is 9.73 Å². The van der Waals surface area contributed by atoms with Gasteiger partial charge in [-0.3, -0.25) is 0 Å². The molecule has 1 aromatic heterocycles. The van der Waals surface area contributed by atoms with Crippen LogP contribution in [0.2, 0.25) is 0 Å². The van der Waals surface area contributed by atoms with Gasteiger partial charge in [0.2, 0.25) is 0 Å². The summed E-state index contributed by atoms with van der Waals surface area (Å²) in [6.45, 7) is 6.44. The summed E-state index contributed by atoms with van der Waals surface area (Å²) in [6, 6.07) is 8.29. The van der Waals surface area contributed by atoms with Gasteiger partial charge in [-0.25, -0.2) is 0 Å². The van der Waals surface area contributed by atoms with Crippen molar-refractivity contribution in [1.82, 2.24) is 5.32 Å². The number of hydrogen-bond acceptors (Lipinski definition) is 2. The molecule has 1 unspecified atom stereocenters. The van der Waals surface area contributed by atoms with Crippen molar-refractivity contribution in [2.45, 2.75) is 33.2 Å². The summed E-state index contributed by atoms with van der Waals surface area (Å²) in [4.78, 5) is 0. The molecule has 1 aliphatic rings. The molecule has 0 amide bonds. The van der Waals surface area contributed by atoms with Gasteiger partial charge in [0.25, 0.3) is 0 Å². The van der Waals surface area contributed by atoms with Crippen molar-refractivity contribution in [2.24, 2.45) is 11.8 Å². The van der Waals surface area contributed by atoms with Crippen LogP contribution in [-0.2, 0) is 6.54 Å². The second kappa shape index (κ2) is 4.77. The highest BCUT2D eigenvalue weighted by Crippen LogP contribution is 2.36. The van der Waals surface area contributed by atoms with Gasteiger partial charge in [0.15, 0.2) is 0 Å². The minimum atomic E-state index is 0.809. The molecule has 0 aliphatic heterocycles. The first kappa shape index (κ1) is 11.8. The zero-order valence-corrected chi connectivity index (χ0v) is 11.2. The second-order valence-electron chi connectivity index (χ2n) is 5.58. The number of rotatable bonds is 5. The molecule has 0 bridgehead atoms. The smallest absolute Gasteiger partial charge is 0.134 e. The molecule has 1 atom stereocenters. The second-order valence-corrected chi connectivity index (χ2v) is 5.58. The lowest BCUT2D eigenvalue weighted by atomic mass is 10.1. The molecule has 1 saturated carbocycles. The minimum Gasteiger partial charge on any atom is -0.461 e. The lowest BCUT2D eigenvalue weighted by molar-refractivity contribution is 0.459. The number of aryl methyl sites for hydroxylation is 1. The maximum absolute atomic E-state index is 5.78. The number of fused-ring (bicyclic) bond motifs is 1. The molecule has 0 radical (unpaired) electrons. The van der Waals surface area contributed by atoms with Crippen molar-refractivity contribution < 1.29 is 4.42 Å². The normalized spacial score (nSPS) is 17.2. The third-order valence-electron chi connectivity index (χ3n) is 4.10. The first-order chi connectivity index (χ1) is 8.75. The molecule has 2 aromatic rings. The predicted molar refractivity (Wildman–Crippen MR) is 74.5 cm³/mol. The van der Waals surface area contributed by atoms with E-state index in [-0.39, 0.29) is 0 Å². The highest BCUT2D eigenvalue weighted by atomic mass is 16.3. The van der Waals surface area contributed by atoms with Crippen molar-refractivity contribution in [3.05, 3.63) is 35.6 Å². The van der Waals surface area contributed by atoms with E-state index in [0.717, 1.165) is 36.3 Å². The van der Waals surface area contributed by atoms with Crippen molar-refractivity contribution in [2.75, 3.05) is 6.54 Å². The third-order valence-corrected chi connectivity index (χ3v) is 4.10. The zero-order chi connectivity index (χ0) is 12.5. The highest BCUT2D eigenvalue weighted by Gasteiger charge is 2.27. The van der Waals surface area contributed by atoms with Crippen LogP contribution < -0.4 is 5.32 Å². The lowest BCUT2D eigenvalue weighted by Crippen LogP contribution is -2.22. The summed E-state index contributed by atoms with van der Waals surface area (Å²) in [5.41, 5.74) is 2.32. The minimum absolute atomic E-state index is 0.809. The van der Waals surface area contributed by atoms with Gasteiger partial charge in [-0.15, -0.1) is 0 Å². The van der Waals surface area contributed by atoms with Gasteiger partial charge in [0.05, 0.1) is 0 Å². The van der Waals surface area contributed by atoms with Gasteiger partial charge in [-0.05, 0) is 44.2 Å². The Hall–Kier alpha value is -1.28. The van der Waals surface area contributed by atoms with Crippen LogP contribution in [0.3, 0.4) is 0 Å². The Morgan fingerprint density at radius 1 is 1.33 bits per heavy atom. The topological polar surface area (TPSA) is 25.2 Å². The van der Waals surface area contributed by atoms with E-state index in [2.05, 4.69) is 31.3 Å². The predicted octanol–water partition coefficient (Wildman–Crippen LogP) is 3.88. The average molecular weight is 243 g/mol. The summed E-state index contributed by atoms with van der Waals surface area (Å²) in [6.07, 6.45) is 2.85. The molecule has 0 saturated heterocycles. The quantitative estimate of drug-likeness (QED) is 0.862. The van der Waals surface area contributed by atoms with E-state index in [0.29, 0.717) is 0 Å². The molecule has 1 aliphatic carbocycles. The van der Waals surface area contributed by atoms with Gasteiger partial charge in [-0.2, -0.15) is 0 Å². The molecule has 2 heteroatoms. The summed E-state index contributed by atoms with van der Waals surface area (Å²) in [7, 11) is 0. The van der Waals surface area contributed by atoms with Gasteiger partial charge in [0, 0.05) is 17.5 Å². The molecule has 1 fully saturated rings. The summed E-state index contributed by atoms with van der Waals surface area (Å²) >= 11 is 0. The lowest BCUT2D eigenvalue weighted by Gasteiger charge is -2.11. The molecule has 1 heterocycles. The van der Waals surface area contributed by atoms with Crippen LogP contribution >= 0.6 is 0 Å². The van der Waals surface area contributed by atoms with Crippen LogP contribution in [-0.4, -0.2) is 6.54 Å². The number of benzene rings is 1. The van der Waals surface area contributed by atoms with Crippen LogP contribution in [0, 0.1) is 18.8 Å². The van der Waals surface area contributed by atoms with E-state index in [9.17, 15) is 0 Å². The Labute approximate surface area is 108 Å². The van der Waals surface area contributed by atoms with Crippen LogP contribution in [0.25, 0.3) is 11.0 Å². The number of furan rings is 1. The SMILES string of the molecule is Cc1oc2ccccc2c1CNCC(C)C1CC1. The summed E-state index contributed by atoms with van der Waals surface area (Å²) < 4.78 is 5.78. The molecule has 2 nitrogen and oxygen atoms in total. The maximum atomic E-state index is 5.78. The Morgan fingerprint density at radius 2 is 2.11 bits per heavy atom. The van der Waals surface area contributed by atoms with Crippen molar-refractivity contribution in [3.8, 4) is 0 Å². The largest absolute Gasteiger partial charge is 0.461 e. The van der Waals surface area contributed by atoms with Crippen LogP contribution in [0.15, 0.2) is 28.7 Å². The van der Waals surface area contributed by atoms with Crippen molar-refractivity contribution in [3.63, 3.8) is 0 Å². The fourth-order valence-electron chi connectivity index (χ4n) is 2.70.